The van der Waals surface area contributed by atoms with Crippen LogP contribution in [0.15, 0.2) is 30.9 Å². The topological polar surface area (TPSA) is 112 Å². The Kier molecular flexibility index (Phi) is 6.88. The summed E-state index contributed by atoms with van der Waals surface area (Å²) in [7, 11) is 0. The maximum absolute atomic E-state index is 16.9. The van der Waals surface area contributed by atoms with Crippen molar-refractivity contribution in [1.29, 1.82) is 5.26 Å². The molecule has 3 aliphatic heterocycles. The molecule has 8 rings (SSSR count). The van der Waals surface area contributed by atoms with Gasteiger partial charge in [-0.25, -0.2) is 13.8 Å². The highest BCUT2D eigenvalue weighted by atomic mass is 32.1. The van der Waals surface area contributed by atoms with Crippen molar-refractivity contribution < 1.29 is 31.5 Å². The first kappa shape index (κ1) is 30.8. The first-order valence-electron chi connectivity index (χ1n) is 15.5. The third-order valence-electron chi connectivity index (χ3n) is 9.99. The molecule has 0 unspecified atom stereocenters. The van der Waals surface area contributed by atoms with Crippen LogP contribution in [0.25, 0.3) is 32.1 Å². The number of carbonyl (C=O) groups excluding carboxylic acids is 1. The standard InChI is InChI=1S/C33H28F5N7O2S/c1-2-23(46)43-8-5-17(13-43)47-30-19-9-21(33(36,37)38)25(18-3-4-22(34)28-24(18)20(10-39)29(40)48-28)26(35)27(19)41-31(42-30)44-11-16(12-44)45-14-32(15-45)6-7-32/h2-4,9,16-17H,1,5-8,11-15,40H2/t17-/m1/s1. The van der Waals surface area contributed by atoms with Crippen LogP contribution in [-0.2, 0) is 11.0 Å². The Morgan fingerprint density at radius 2 is 1.94 bits per heavy atom. The Hall–Kier alpha value is -4.55. The number of hydrogen-bond donors (Lipinski definition) is 1. The number of alkyl halides is 3. The Labute approximate surface area is 275 Å². The third kappa shape index (κ3) is 4.83. The first-order valence-corrected chi connectivity index (χ1v) is 16.3. The van der Waals surface area contributed by atoms with E-state index in [-0.39, 0.29) is 61.9 Å². The van der Waals surface area contributed by atoms with Gasteiger partial charge in [0.05, 0.1) is 27.8 Å². The highest BCUT2D eigenvalue weighted by Crippen LogP contribution is 2.54. The van der Waals surface area contributed by atoms with Gasteiger partial charge in [0.15, 0.2) is 5.82 Å². The number of aromatic nitrogens is 2. The Morgan fingerprint density at radius 3 is 2.60 bits per heavy atom. The summed E-state index contributed by atoms with van der Waals surface area (Å²) in [6.07, 6.45) is -1.69. The van der Waals surface area contributed by atoms with Crippen LogP contribution in [0.4, 0.5) is 32.9 Å². The molecule has 2 N–H and O–H groups in total. The van der Waals surface area contributed by atoms with Gasteiger partial charge >= 0.3 is 6.18 Å². The summed E-state index contributed by atoms with van der Waals surface area (Å²) in [6, 6.07) is 4.77. The van der Waals surface area contributed by atoms with Crippen molar-refractivity contribution in [3.63, 3.8) is 0 Å². The minimum atomic E-state index is -5.09. The van der Waals surface area contributed by atoms with Gasteiger partial charge in [-0.2, -0.15) is 23.4 Å². The second-order valence-electron chi connectivity index (χ2n) is 13.1. The normalized spacial score (nSPS) is 20.6. The van der Waals surface area contributed by atoms with Crippen LogP contribution < -0.4 is 15.4 Å². The van der Waals surface area contributed by atoms with Crippen molar-refractivity contribution in [2.45, 2.75) is 37.6 Å². The van der Waals surface area contributed by atoms with Crippen LogP contribution in [0, 0.1) is 28.4 Å². The fraction of sp³-hybridized carbons (Fsp3) is 0.394. The van der Waals surface area contributed by atoms with Gasteiger partial charge in [-0.05, 0) is 42.0 Å². The van der Waals surface area contributed by atoms with Crippen molar-refractivity contribution in [1.82, 2.24) is 19.8 Å². The van der Waals surface area contributed by atoms with E-state index in [1.807, 2.05) is 11.0 Å². The molecule has 1 saturated carbocycles. The lowest BCUT2D eigenvalue weighted by Gasteiger charge is -2.52. The van der Waals surface area contributed by atoms with Gasteiger partial charge in [0, 0.05) is 56.1 Å². The van der Waals surface area contributed by atoms with Gasteiger partial charge < -0.3 is 20.3 Å². The number of rotatable bonds is 6. The van der Waals surface area contributed by atoms with Gasteiger partial charge in [-0.15, -0.1) is 11.3 Å². The molecule has 5 heterocycles. The number of nitrogens with two attached hydrogens (primary N) is 1. The van der Waals surface area contributed by atoms with Crippen LogP contribution in [-0.4, -0.2) is 77.1 Å². The number of nitriles is 1. The number of halogens is 5. The van der Waals surface area contributed by atoms with E-state index in [2.05, 4.69) is 21.4 Å². The predicted molar refractivity (Wildman–Crippen MR) is 169 cm³/mol. The quantitative estimate of drug-likeness (QED) is 0.204. The van der Waals surface area contributed by atoms with Gasteiger partial charge in [0.2, 0.25) is 17.7 Å². The van der Waals surface area contributed by atoms with Crippen LogP contribution in [0.5, 0.6) is 5.88 Å². The monoisotopic (exact) mass is 681 g/mol. The molecule has 1 spiro atoms. The smallest absolute Gasteiger partial charge is 0.417 e. The summed E-state index contributed by atoms with van der Waals surface area (Å²) in [5, 5.41) is 9.17. The highest BCUT2D eigenvalue weighted by molar-refractivity contribution is 7.23. The summed E-state index contributed by atoms with van der Waals surface area (Å²) in [5.41, 5.74) is 3.15. The minimum Gasteiger partial charge on any atom is -0.472 e. The average Bonchev–Trinajstić information content (AvgIpc) is 3.54. The summed E-state index contributed by atoms with van der Waals surface area (Å²) in [5.74, 6) is -2.58. The van der Waals surface area contributed by atoms with Gasteiger partial charge in [-0.3, -0.25) is 9.69 Å². The predicted octanol–water partition coefficient (Wildman–Crippen LogP) is 5.71. The number of ether oxygens (including phenoxy) is 1. The molecule has 1 aliphatic carbocycles. The van der Waals surface area contributed by atoms with Crippen LogP contribution in [0.2, 0.25) is 0 Å². The van der Waals surface area contributed by atoms with E-state index in [4.69, 9.17) is 10.5 Å². The zero-order chi connectivity index (χ0) is 33.7. The summed E-state index contributed by atoms with van der Waals surface area (Å²) in [6.45, 7) is 7.15. The molecular weight excluding hydrogens is 653 g/mol. The van der Waals surface area contributed by atoms with Crippen molar-refractivity contribution in [3.8, 4) is 23.1 Å². The van der Waals surface area contributed by atoms with E-state index < -0.39 is 40.6 Å². The number of fused-ring (bicyclic) bond motifs is 2. The summed E-state index contributed by atoms with van der Waals surface area (Å²) < 4.78 is 82.3. The number of benzene rings is 2. The number of thiophene rings is 1. The van der Waals surface area contributed by atoms with E-state index >= 15 is 4.39 Å². The van der Waals surface area contributed by atoms with Crippen molar-refractivity contribution in [2.75, 3.05) is 49.9 Å². The molecule has 2 aromatic carbocycles. The van der Waals surface area contributed by atoms with E-state index in [0.29, 0.717) is 42.8 Å². The lowest BCUT2D eigenvalue weighted by Crippen LogP contribution is -2.66. The number of anilines is 2. The summed E-state index contributed by atoms with van der Waals surface area (Å²) >= 11 is 0.701. The first-order chi connectivity index (χ1) is 22.9. The van der Waals surface area contributed by atoms with Crippen molar-refractivity contribution in [2.24, 2.45) is 5.41 Å². The number of amides is 1. The molecule has 3 saturated heterocycles. The fourth-order valence-corrected chi connectivity index (χ4v) is 8.09. The molecule has 4 aliphatic rings. The lowest BCUT2D eigenvalue weighted by molar-refractivity contribution is -0.137. The van der Waals surface area contributed by atoms with Crippen molar-refractivity contribution >= 4 is 49.2 Å². The number of likely N-dealkylation sites (tertiary alicyclic amines) is 2. The molecule has 0 radical (unpaired) electrons. The Balaban J connectivity index is 1.27. The third-order valence-corrected chi connectivity index (χ3v) is 11.0. The van der Waals surface area contributed by atoms with Gasteiger partial charge in [-0.1, -0.05) is 12.6 Å². The summed E-state index contributed by atoms with van der Waals surface area (Å²) in [4.78, 5) is 26.9. The van der Waals surface area contributed by atoms with E-state index in [1.165, 1.54) is 23.8 Å². The molecule has 48 heavy (non-hydrogen) atoms. The number of carbonyl (C=O) groups is 1. The zero-order valence-corrected chi connectivity index (χ0v) is 26.2. The molecule has 4 aromatic rings. The highest BCUT2D eigenvalue weighted by Gasteiger charge is 2.55. The maximum atomic E-state index is 16.9. The fourth-order valence-electron chi connectivity index (χ4n) is 7.14. The Bertz CT molecular complexity index is 2080. The molecule has 248 valence electrons. The molecule has 9 nitrogen and oxygen atoms in total. The molecule has 1 atom stereocenters. The van der Waals surface area contributed by atoms with E-state index in [1.54, 1.807) is 0 Å². The van der Waals surface area contributed by atoms with Crippen LogP contribution >= 0.6 is 11.3 Å². The molecule has 0 bridgehead atoms. The average molecular weight is 682 g/mol. The lowest BCUT2D eigenvalue weighted by atomic mass is 9.92. The second-order valence-corrected chi connectivity index (χ2v) is 14.1. The van der Waals surface area contributed by atoms with Crippen LogP contribution in [0.3, 0.4) is 0 Å². The number of nitrogens with zero attached hydrogens (tertiary/aromatic N) is 6. The second kappa shape index (κ2) is 10.7. The van der Waals surface area contributed by atoms with E-state index in [9.17, 15) is 27.6 Å². The van der Waals surface area contributed by atoms with E-state index in [0.717, 1.165) is 31.3 Å². The SMILES string of the molecule is C=CC(=O)N1CC[C@@H](Oc2nc(N3CC(N4CC5(CC5)C4)C3)nc3c(F)c(-c4ccc(F)c5sc(N)c(C#N)c45)c(C(F)(F)F)cc23)C1. The zero-order valence-electron chi connectivity index (χ0n) is 25.4. The van der Waals surface area contributed by atoms with Gasteiger partial charge in [0.25, 0.3) is 0 Å². The molecular formula is C33H28F5N7O2S. The van der Waals surface area contributed by atoms with Gasteiger partial charge in [0.1, 0.15) is 28.5 Å². The number of nitrogen functional groups attached to an aromatic ring is 1. The van der Waals surface area contributed by atoms with Crippen molar-refractivity contribution in [3.05, 3.63) is 53.6 Å². The number of hydrogen-bond acceptors (Lipinski definition) is 9. The maximum Gasteiger partial charge on any atom is 0.417 e. The largest absolute Gasteiger partial charge is 0.472 e. The minimum absolute atomic E-state index is 0.0961. The Morgan fingerprint density at radius 1 is 1.19 bits per heavy atom. The van der Waals surface area contributed by atoms with Crippen LogP contribution in [0.1, 0.15) is 30.4 Å². The molecule has 1 amide bonds. The molecule has 2 aromatic heterocycles. The molecule has 4 fully saturated rings. The molecule has 15 heteroatoms.